The molecule has 1 aromatic heterocycles. The number of Topliss-reactive ketones (excluding diaryl/α,β-unsaturated/α-hetero) is 1. The molecule has 0 saturated heterocycles. The molecule has 1 amide bonds. The maximum atomic E-state index is 12.3. The van der Waals surface area contributed by atoms with Crippen LogP contribution in [0.25, 0.3) is 10.9 Å². The molecular formula is C28H40N2O2. The molecule has 0 atom stereocenters. The quantitative estimate of drug-likeness (QED) is 0.155. The number of carbonyl (C=O) groups is 2. The Morgan fingerprint density at radius 2 is 1.56 bits per heavy atom. The van der Waals surface area contributed by atoms with E-state index in [4.69, 9.17) is 0 Å². The van der Waals surface area contributed by atoms with Crippen LogP contribution in [0.4, 0.5) is 0 Å². The van der Waals surface area contributed by atoms with Crippen LogP contribution in [-0.4, -0.2) is 23.2 Å². The highest BCUT2D eigenvalue weighted by atomic mass is 16.2. The number of aromatic amines is 1. The number of ketones is 1. The number of rotatable bonds is 17. The van der Waals surface area contributed by atoms with Crippen molar-refractivity contribution < 1.29 is 9.59 Å². The Morgan fingerprint density at radius 3 is 2.31 bits per heavy atom. The lowest BCUT2D eigenvalue weighted by atomic mass is 10.1. The topological polar surface area (TPSA) is 62.0 Å². The van der Waals surface area contributed by atoms with Crippen molar-refractivity contribution in [3.05, 3.63) is 60.3 Å². The number of unbranched alkanes of at least 4 members (excludes halogenated alkanes) is 8. The van der Waals surface area contributed by atoms with Crippen molar-refractivity contribution >= 4 is 22.6 Å². The highest BCUT2D eigenvalue weighted by Crippen LogP contribution is 2.15. The van der Waals surface area contributed by atoms with Crippen molar-refractivity contribution in [1.29, 1.82) is 0 Å². The van der Waals surface area contributed by atoms with Crippen LogP contribution in [-0.2, 0) is 4.79 Å². The summed E-state index contributed by atoms with van der Waals surface area (Å²) in [5, 5.41) is 3.76. The summed E-state index contributed by atoms with van der Waals surface area (Å²) in [6, 6.07) is 9.61. The van der Waals surface area contributed by atoms with Crippen LogP contribution in [0.2, 0.25) is 0 Å². The van der Waals surface area contributed by atoms with E-state index in [0.717, 1.165) is 43.0 Å². The lowest BCUT2D eigenvalue weighted by Crippen LogP contribution is -2.29. The van der Waals surface area contributed by atoms with Gasteiger partial charge in [-0.1, -0.05) is 81.5 Å². The van der Waals surface area contributed by atoms with Crippen LogP contribution >= 0.6 is 0 Å². The van der Waals surface area contributed by atoms with Gasteiger partial charge in [0, 0.05) is 17.3 Å². The molecule has 0 aliphatic heterocycles. The van der Waals surface area contributed by atoms with E-state index in [9.17, 15) is 9.59 Å². The fourth-order valence-corrected chi connectivity index (χ4v) is 3.68. The number of hydrogen-bond acceptors (Lipinski definition) is 2. The minimum Gasteiger partial charge on any atom is -0.352 e. The summed E-state index contributed by atoms with van der Waals surface area (Å²) in [5.41, 5.74) is 1.48. The molecule has 1 aromatic carbocycles. The molecule has 174 valence electrons. The van der Waals surface area contributed by atoms with E-state index >= 15 is 0 Å². The van der Waals surface area contributed by atoms with Crippen molar-refractivity contribution in [3.8, 4) is 0 Å². The fourth-order valence-electron chi connectivity index (χ4n) is 3.68. The largest absolute Gasteiger partial charge is 0.352 e. The molecule has 0 aliphatic carbocycles. The predicted octanol–water partition coefficient (Wildman–Crippen LogP) is 7.28. The number of hydrogen-bond donors (Lipinski definition) is 2. The molecule has 0 unspecified atom stereocenters. The van der Waals surface area contributed by atoms with Crippen molar-refractivity contribution in [2.45, 2.75) is 84.0 Å². The molecule has 2 rings (SSSR count). The highest BCUT2D eigenvalue weighted by molar-refractivity contribution is 6.01. The number of fused-ring (bicyclic) bond motifs is 1. The number of para-hydroxylation sites is 1. The lowest BCUT2D eigenvalue weighted by molar-refractivity contribution is -0.121. The molecule has 0 bridgehead atoms. The van der Waals surface area contributed by atoms with Crippen LogP contribution in [0.1, 0.15) is 94.5 Å². The van der Waals surface area contributed by atoms with Crippen molar-refractivity contribution in [2.75, 3.05) is 6.54 Å². The van der Waals surface area contributed by atoms with E-state index < -0.39 is 0 Å². The maximum Gasteiger partial charge on any atom is 0.220 e. The van der Waals surface area contributed by atoms with Crippen molar-refractivity contribution in [2.24, 2.45) is 0 Å². The van der Waals surface area contributed by atoms with Gasteiger partial charge in [0.2, 0.25) is 5.91 Å². The monoisotopic (exact) mass is 436 g/mol. The third kappa shape index (κ3) is 10.6. The van der Waals surface area contributed by atoms with Gasteiger partial charge in [0.05, 0.1) is 12.2 Å². The zero-order chi connectivity index (χ0) is 22.9. The smallest absolute Gasteiger partial charge is 0.220 e. The molecule has 0 aliphatic rings. The Balaban J connectivity index is 1.43. The van der Waals surface area contributed by atoms with E-state index in [-0.39, 0.29) is 18.2 Å². The van der Waals surface area contributed by atoms with Crippen LogP contribution in [0, 0.1) is 0 Å². The maximum absolute atomic E-state index is 12.3. The first-order valence-corrected chi connectivity index (χ1v) is 12.4. The van der Waals surface area contributed by atoms with Gasteiger partial charge in [-0.2, -0.15) is 0 Å². The summed E-state index contributed by atoms with van der Waals surface area (Å²) in [6.07, 6.45) is 22.4. The second-order valence-corrected chi connectivity index (χ2v) is 8.45. The summed E-state index contributed by atoms with van der Waals surface area (Å²) >= 11 is 0. The van der Waals surface area contributed by atoms with Gasteiger partial charge in [-0.25, -0.2) is 0 Å². The first-order chi connectivity index (χ1) is 15.7. The van der Waals surface area contributed by atoms with Gasteiger partial charge in [-0.15, -0.1) is 0 Å². The number of benzene rings is 1. The Morgan fingerprint density at radius 1 is 0.875 bits per heavy atom. The first-order valence-electron chi connectivity index (χ1n) is 12.4. The number of aromatic nitrogens is 1. The van der Waals surface area contributed by atoms with Gasteiger partial charge in [0.1, 0.15) is 0 Å². The molecular weight excluding hydrogens is 396 g/mol. The van der Waals surface area contributed by atoms with Crippen LogP contribution in [0.3, 0.4) is 0 Å². The van der Waals surface area contributed by atoms with E-state index in [0.29, 0.717) is 12.1 Å². The summed E-state index contributed by atoms with van der Waals surface area (Å²) < 4.78 is 0. The van der Waals surface area contributed by atoms with Crippen molar-refractivity contribution in [1.82, 2.24) is 10.3 Å². The molecule has 0 saturated carbocycles. The minimum absolute atomic E-state index is 0.0415. The molecule has 2 N–H and O–H groups in total. The Hall–Kier alpha value is -2.62. The van der Waals surface area contributed by atoms with Crippen LogP contribution in [0.15, 0.2) is 54.6 Å². The summed E-state index contributed by atoms with van der Waals surface area (Å²) in [4.78, 5) is 27.4. The Kier molecular flexibility index (Phi) is 12.9. The SMILES string of the molecule is CCCCC/C=C\C/C=C\CCCCCCCC(=O)NCC(=O)c1cc2ccccc2[nH]1. The number of nitrogens with one attached hydrogen (secondary N) is 2. The van der Waals surface area contributed by atoms with Crippen molar-refractivity contribution in [3.63, 3.8) is 0 Å². The van der Waals surface area contributed by atoms with Gasteiger partial charge in [0.15, 0.2) is 5.78 Å². The van der Waals surface area contributed by atoms with Gasteiger partial charge in [-0.05, 0) is 50.7 Å². The average molecular weight is 437 g/mol. The minimum atomic E-state index is -0.0883. The number of allylic oxidation sites excluding steroid dienone is 4. The zero-order valence-electron chi connectivity index (χ0n) is 19.7. The van der Waals surface area contributed by atoms with E-state index in [2.05, 4.69) is 41.5 Å². The zero-order valence-corrected chi connectivity index (χ0v) is 19.7. The summed E-state index contributed by atoms with van der Waals surface area (Å²) in [7, 11) is 0. The number of carbonyl (C=O) groups excluding carboxylic acids is 2. The van der Waals surface area contributed by atoms with Crippen LogP contribution < -0.4 is 5.32 Å². The van der Waals surface area contributed by atoms with Gasteiger partial charge < -0.3 is 10.3 Å². The lowest BCUT2D eigenvalue weighted by Gasteiger charge is -2.04. The van der Waals surface area contributed by atoms with E-state index in [1.807, 2.05) is 30.3 Å². The Bertz CT molecular complexity index is 830. The van der Waals surface area contributed by atoms with Gasteiger partial charge in [-0.3, -0.25) is 9.59 Å². The van der Waals surface area contributed by atoms with Gasteiger partial charge in [0.25, 0.3) is 0 Å². The molecule has 32 heavy (non-hydrogen) atoms. The number of amides is 1. The first kappa shape index (κ1) is 25.6. The number of H-pyrrole nitrogens is 1. The van der Waals surface area contributed by atoms with E-state index in [1.165, 1.54) is 38.5 Å². The second kappa shape index (κ2) is 16.1. The molecule has 4 heteroatoms. The molecule has 1 heterocycles. The van der Waals surface area contributed by atoms with Crippen LogP contribution in [0.5, 0.6) is 0 Å². The highest BCUT2D eigenvalue weighted by Gasteiger charge is 2.10. The molecule has 2 aromatic rings. The molecule has 0 spiro atoms. The fraction of sp³-hybridized carbons (Fsp3) is 0.500. The molecule has 0 radical (unpaired) electrons. The second-order valence-electron chi connectivity index (χ2n) is 8.45. The average Bonchev–Trinajstić information content (AvgIpc) is 3.24. The third-order valence-electron chi connectivity index (χ3n) is 5.63. The molecule has 4 nitrogen and oxygen atoms in total. The summed E-state index contributed by atoms with van der Waals surface area (Å²) in [5.74, 6) is -0.130. The van der Waals surface area contributed by atoms with Gasteiger partial charge >= 0.3 is 0 Å². The third-order valence-corrected chi connectivity index (χ3v) is 5.63. The molecule has 0 fully saturated rings. The normalized spacial score (nSPS) is 11.7. The standard InChI is InChI=1S/C28H40N2O2/c1-2-3-4-5-6-7-8-9-10-11-12-13-14-15-16-21-28(32)29-23-27(31)26-22-24-19-17-18-20-25(24)30-26/h6-7,9-10,17-20,22,30H,2-5,8,11-16,21,23H2,1H3,(H,29,32)/b7-6-,10-9-. The summed E-state index contributed by atoms with van der Waals surface area (Å²) in [6.45, 7) is 2.28. The van der Waals surface area contributed by atoms with E-state index in [1.54, 1.807) is 0 Å². The Labute approximate surface area is 193 Å². The predicted molar refractivity (Wildman–Crippen MR) is 135 cm³/mol.